The number of halogens is 2. The van der Waals surface area contributed by atoms with Crippen LogP contribution in [0.1, 0.15) is 10.5 Å². The standard InChI is InChI=1S/C12H9Cl2N3O4S/c1-21-12(18)10-11(16-6-5-15-10)17-22(19,20)8-4-2-3-7(13)9(8)14/h2-6H,1H3,(H,16,17). The highest BCUT2D eigenvalue weighted by Crippen LogP contribution is 2.30. The van der Waals surface area contributed by atoms with Crippen LogP contribution in [0.4, 0.5) is 5.82 Å². The molecule has 0 aliphatic rings. The van der Waals surface area contributed by atoms with Crippen molar-refractivity contribution in [2.45, 2.75) is 4.90 Å². The number of benzene rings is 1. The Kier molecular flexibility index (Phi) is 4.84. The summed E-state index contributed by atoms with van der Waals surface area (Å²) in [5.41, 5.74) is -0.272. The molecule has 116 valence electrons. The lowest BCUT2D eigenvalue weighted by Gasteiger charge is -2.11. The SMILES string of the molecule is COC(=O)c1nccnc1NS(=O)(=O)c1cccc(Cl)c1Cl. The summed E-state index contributed by atoms with van der Waals surface area (Å²) in [5.74, 6) is -1.10. The normalized spacial score (nSPS) is 11.0. The molecule has 7 nitrogen and oxygen atoms in total. The van der Waals surface area contributed by atoms with Gasteiger partial charge in [0.05, 0.1) is 17.2 Å². The molecule has 0 aliphatic heterocycles. The van der Waals surface area contributed by atoms with E-state index < -0.39 is 16.0 Å². The van der Waals surface area contributed by atoms with E-state index in [-0.39, 0.29) is 26.5 Å². The average molecular weight is 362 g/mol. The van der Waals surface area contributed by atoms with Crippen molar-refractivity contribution in [3.05, 3.63) is 46.3 Å². The lowest BCUT2D eigenvalue weighted by Crippen LogP contribution is -2.18. The molecule has 22 heavy (non-hydrogen) atoms. The van der Waals surface area contributed by atoms with Gasteiger partial charge in [-0.15, -0.1) is 0 Å². The highest BCUT2D eigenvalue weighted by molar-refractivity contribution is 7.92. The summed E-state index contributed by atoms with van der Waals surface area (Å²) in [7, 11) is -2.97. The number of carbonyl (C=O) groups is 1. The number of methoxy groups -OCH3 is 1. The van der Waals surface area contributed by atoms with Gasteiger partial charge in [0.2, 0.25) is 0 Å². The van der Waals surface area contributed by atoms with Gasteiger partial charge in [-0.3, -0.25) is 4.72 Å². The van der Waals surface area contributed by atoms with E-state index in [1.165, 1.54) is 30.6 Å². The maximum absolute atomic E-state index is 12.4. The second-order valence-corrected chi connectivity index (χ2v) is 6.34. The molecule has 0 spiro atoms. The Balaban J connectivity index is 2.46. The summed E-state index contributed by atoms with van der Waals surface area (Å²) in [6, 6.07) is 4.15. The van der Waals surface area contributed by atoms with Gasteiger partial charge >= 0.3 is 5.97 Å². The first kappa shape index (κ1) is 16.5. The first-order valence-electron chi connectivity index (χ1n) is 5.73. The van der Waals surface area contributed by atoms with Crippen LogP contribution in [0.15, 0.2) is 35.5 Å². The fourth-order valence-corrected chi connectivity index (χ4v) is 3.31. The van der Waals surface area contributed by atoms with Crippen molar-refractivity contribution in [2.24, 2.45) is 0 Å². The molecule has 0 saturated carbocycles. The van der Waals surface area contributed by atoms with E-state index in [0.29, 0.717) is 0 Å². The van der Waals surface area contributed by atoms with E-state index in [1.807, 2.05) is 0 Å². The number of sulfonamides is 1. The van der Waals surface area contributed by atoms with E-state index in [1.54, 1.807) is 0 Å². The fraction of sp³-hybridized carbons (Fsp3) is 0.0833. The van der Waals surface area contributed by atoms with Crippen LogP contribution in [0.5, 0.6) is 0 Å². The molecule has 10 heteroatoms. The first-order chi connectivity index (χ1) is 10.4. The van der Waals surface area contributed by atoms with Crippen LogP contribution < -0.4 is 4.72 Å². The van der Waals surface area contributed by atoms with Crippen LogP contribution in [0.2, 0.25) is 10.0 Å². The molecule has 2 rings (SSSR count). The van der Waals surface area contributed by atoms with Crippen LogP contribution >= 0.6 is 23.2 Å². The average Bonchev–Trinajstić information content (AvgIpc) is 2.49. The topological polar surface area (TPSA) is 98.2 Å². The van der Waals surface area contributed by atoms with Crippen molar-refractivity contribution in [2.75, 3.05) is 11.8 Å². The third-order valence-corrected chi connectivity index (χ3v) is 4.83. The molecule has 0 fully saturated rings. The number of aromatic nitrogens is 2. The molecule has 0 bridgehead atoms. The number of esters is 1. The highest BCUT2D eigenvalue weighted by Gasteiger charge is 2.24. The molecule has 1 aromatic carbocycles. The summed E-state index contributed by atoms with van der Waals surface area (Å²) >= 11 is 11.7. The van der Waals surface area contributed by atoms with Gasteiger partial charge in [0, 0.05) is 12.4 Å². The van der Waals surface area contributed by atoms with Gasteiger partial charge in [-0.05, 0) is 12.1 Å². The van der Waals surface area contributed by atoms with Crippen LogP contribution in [0, 0.1) is 0 Å². The Bertz CT molecular complexity index is 827. The number of anilines is 1. The second kappa shape index (κ2) is 6.47. The summed E-state index contributed by atoms with van der Waals surface area (Å²) in [5, 5.41) is -0.0583. The van der Waals surface area contributed by atoms with Gasteiger partial charge in [-0.1, -0.05) is 29.3 Å². The van der Waals surface area contributed by atoms with E-state index in [9.17, 15) is 13.2 Å². The Morgan fingerprint density at radius 2 is 1.91 bits per heavy atom. The molecule has 0 saturated heterocycles. The number of ether oxygens (including phenoxy) is 1. The first-order valence-corrected chi connectivity index (χ1v) is 7.97. The molecule has 0 atom stereocenters. The van der Waals surface area contributed by atoms with Crippen LogP contribution in [0.3, 0.4) is 0 Å². The number of hydrogen-bond donors (Lipinski definition) is 1. The fourth-order valence-electron chi connectivity index (χ4n) is 1.53. The molecule has 2 aromatic rings. The van der Waals surface area contributed by atoms with Crippen molar-refractivity contribution in [3.8, 4) is 0 Å². The van der Waals surface area contributed by atoms with E-state index in [0.717, 1.165) is 7.11 Å². The maximum Gasteiger partial charge on any atom is 0.360 e. The number of carbonyl (C=O) groups excluding carboxylic acids is 1. The molecule has 0 aliphatic carbocycles. The Morgan fingerprint density at radius 3 is 2.59 bits per heavy atom. The van der Waals surface area contributed by atoms with Crippen molar-refractivity contribution < 1.29 is 17.9 Å². The Hall–Kier alpha value is -1.90. The molecule has 1 N–H and O–H groups in total. The van der Waals surface area contributed by atoms with Gasteiger partial charge in [0.25, 0.3) is 10.0 Å². The minimum Gasteiger partial charge on any atom is -0.464 e. The van der Waals surface area contributed by atoms with Gasteiger partial charge < -0.3 is 4.74 Å². The zero-order chi connectivity index (χ0) is 16.3. The summed E-state index contributed by atoms with van der Waals surface area (Å²) in [6.45, 7) is 0. The second-order valence-electron chi connectivity index (χ2n) is 3.90. The van der Waals surface area contributed by atoms with Crippen molar-refractivity contribution in [1.29, 1.82) is 0 Å². The van der Waals surface area contributed by atoms with Crippen molar-refractivity contribution in [3.63, 3.8) is 0 Å². The van der Waals surface area contributed by atoms with Crippen molar-refractivity contribution >= 4 is 45.0 Å². The van der Waals surface area contributed by atoms with Crippen molar-refractivity contribution in [1.82, 2.24) is 9.97 Å². The Morgan fingerprint density at radius 1 is 1.23 bits per heavy atom. The number of hydrogen-bond acceptors (Lipinski definition) is 6. The zero-order valence-corrected chi connectivity index (χ0v) is 13.4. The van der Waals surface area contributed by atoms with E-state index in [2.05, 4.69) is 19.4 Å². The molecule has 0 unspecified atom stereocenters. The van der Waals surface area contributed by atoms with Gasteiger partial charge in [-0.25, -0.2) is 23.2 Å². The van der Waals surface area contributed by atoms with E-state index in [4.69, 9.17) is 23.2 Å². The quantitative estimate of drug-likeness (QED) is 0.839. The van der Waals surface area contributed by atoms with Gasteiger partial charge in [0.15, 0.2) is 11.5 Å². The van der Waals surface area contributed by atoms with E-state index >= 15 is 0 Å². The number of nitrogens with zero attached hydrogens (tertiary/aromatic N) is 2. The summed E-state index contributed by atoms with van der Waals surface area (Å²) < 4.78 is 31.4. The summed E-state index contributed by atoms with van der Waals surface area (Å²) in [4.78, 5) is 18.8. The molecule has 0 amide bonds. The van der Waals surface area contributed by atoms with Crippen LogP contribution in [-0.4, -0.2) is 31.5 Å². The lowest BCUT2D eigenvalue weighted by molar-refractivity contribution is 0.0595. The molecular formula is C12H9Cl2N3O4S. The maximum atomic E-state index is 12.4. The zero-order valence-electron chi connectivity index (χ0n) is 11.1. The predicted molar refractivity (Wildman–Crippen MR) is 80.6 cm³/mol. The minimum absolute atomic E-state index is 0.0804. The third-order valence-electron chi connectivity index (χ3n) is 2.51. The smallest absolute Gasteiger partial charge is 0.360 e. The van der Waals surface area contributed by atoms with Crippen LogP contribution in [0.25, 0.3) is 0 Å². The lowest BCUT2D eigenvalue weighted by atomic mass is 10.4. The highest BCUT2D eigenvalue weighted by atomic mass is 35.5. The molecule has 1 heterocycles. The predicted octanol–water partition coefficient (Wildman–Crippen LogP) is 2.37. The summed E-state index contributed by atoms with van der Waals surface area (Å²) in [6.07, 6.45) is 2.46. The Labute approximate surface area is 136 Å². The van der Waals surface area contributed by atoms with Crippen LogP contribution in [-0.2, 0) is 14.8 Å². The monoisotopic (exact) mass is 361 g/mol. The third kappa shape index (κ3) is 3.29. The molecular weight excluding hydrogens is 353 g/mol. The molecule has 0 radical (unpaired) electrons. The minimum atomic E-state index is -4.11. The number of rotatable bonds is 4. The largest absolute Gasteiger partial charge is 0.464 e. The van der Waals surface area contributed by atoms with Gasteiger partial charge in [-0.2, -0.15) is 0 Å². The van der Waals surface area contributed by atoms with Gasteiger partial charge in [0.1, 0.15) is 4.90 Å². The molecule has 1 aromatic heterocycles. The number of nitrogens with one attached hydrogen (secondary N) is 1.